The van der Waals surface area contributed by atoms with Gasteiger partial charge in [0.05, 0.1) is 0 Å². The summed E-state index contributed by atoms with van der Waals surface area (Å²) in [5.74, 6) is 0. The molecule has 0 bridgehead atoms. The van der Waals surface area contributed by atoms with Crippen molar-refractivity contribution in [2.75, 3.05) is 0 Å². The summed E-state index contributed by atoms with van der Waals surface area (Å²) in [6, 6.07) is 0. The van der Waals surface area contributed by atoms with Crippen molar-refractivity contribution >= 4 is 30.1 Å². The van der Waals surface area contributed by atoms with Crippen LogP contribution in [0.25, 0.3) is 0 Å². The van der Waals surface area contributed by atoms with E-state index in [-0.39, 0.29) is 5.00 Å². The van der Waals surface area contributed by atoms with Crippen LogP contribution in [-0.2, 0) is 0 Å². The lowest BCUT2D eigenvalue weighted by molar-refractivity contribution is 0.519. The highest BCUT2D eigenvalue weighted by Crippen LogP contribution is 2.24. The van der Waals surface area contributed by atoms with Gasteiger partial charge in [-0.15, -0.1) is 11.6 Å². The summed E-state index contributed by atoms with van der Waals surface area (Å²) in [6.07, 6.45) is 31.3. The first-order valence-electron chi connectivity index (χ1n) is 13.3. The van der Waals surface area contributed by atoms with Crippen molar-refractivity contribution in [3.8, 4) is 0 Å². The smallest absolute Gasteiger partial charge is 0.166 e. The third kappa shape index (κ3) is 23.3. The molecule has 0 N–H and O–H groups in total. The first kappa shape index (κ1) is 29.8. The van der Waals surface area contributed by atoms with Crippen LogP contribution in [0.2, 0.25) is 13.1 Å². The highest BCUT2D eigenvalue weighted by molar-refractivity contribution is 7.22. The molecule has 1 unspecified atom stereocenters. The number of unbranched alkanes of at least 4 members (excludes halogenated alkanes) is 20. The highest BCUT2D eigenvalue weighted by Gasteiger charge is 2.27. The van der Waals surface area contributed by atoms with Crippen LogP contribution in [0.5, 0.6) is 0 Å². The zero-order chi connectivity index (χ0) is 21.6. The van der Waals surface area contributed by atoms with Crippen molar-refractivity contribution < 1.29 is 0 Å². The van der Waals surface area contributed by atoms with Gasteiger partial charge in [0.25, 0.3) is 0 Å². The Balaban J connectivity index is 3.09. The van der Waals surface area contributed by atoms with E-state index in [0.29, 0.717) is 0 Å². The molecule has 0 spiro atoms. The second-order valence-corrected chi connectivity index (χ2v) is 17.5. The molecule has 0 aliphatic rings. The second-order valence-electron chi connectivity index (χ2n) is 9.89. The van der Waals surface area contributed by atoms with E-state index in [0.717, 1.165) is 6.42 Å². The lowest BCUT2D eigenvalue weighted by Gasteiger charge is -2.19. The van der Waals surface area contributed by atoms with Crippen LogP contribution in [0.15, 0.2) is 0 Å². The van der Waals surface area contributed by atoms with Gasteiger partial charge in [-0.1, -0.05) is 155 Å². The molecule has 176 valence electrons. The minimum atomic E-state index is -1.64. The summed E-state index contributed by atoms with van der Waals surface area (Å²) in [4.78, 5) is 0. The van der Waals surface area contributed by atoms with Crippen LogP contribution in [0.1, 0.15) is 148 Å². The molecule has 0 amide bonds. The van der Waals surface area contributed by atoms with E-state index in [1.807, 2.05) is 0 Å². The van der Waals surface area contributed by atoms with E-state index < -0.39 is 7.38 Å². The van der Waals surface area contributed by atoms with E-state index in [1.165, 1.54) is 135 Å². The zero-order valence-electron chi connectivity index (χ0n) is 20.4. The minimum absolute atomic E-state index is 0.240. The van der Waals surface area contributed by atoms with Crippen molar-refractivity contribution in [2.45, 2.75) is 166 Å². The molecular weight excluding hydrogens is 411 g/mol. The van der Waals surface area contributed by atoms with Crippen molar-refractivity contribution in [1.29, 1.82) is 0 Å². The van der Waals surface area contributed by atoms with Crippen LogP contribution >= 0.6 is 22.7 Å². The normalized spacial score (nSPS) is 13.1. The van der Waals surface area contributed by atoms with Gasteiger partial charge in [0.2, 0.25) is 0 Å². The van der Waals surface area contributed by atoms with Crippen LogP contribution in [0.3, 0.4) is 0 Å². The van der Waals surface area contributed by atoms with Crippen molar-refractivity contribution in [3.63, 3.8) is 0 Å². The summed E-state index contributed by atoms with van der Waals surface area (Å²) in [5.41, 5.74) is 0. The number of hydrogen-bond acceptors (Lipinski definition) is 0. The number of hydrogen-bond donors (Lipinski definition) is 0. The number of alkyl halides is 1. The van der Waals surface area contributed by atoms with E-state index in [2.05, 4.69) is 20.0 Å². The number of halogens is 2. The molecule has 0 aliphatic heterocycles. The maximum atomic E-state index is 6.38. The van der Waals surface area contributed by atoms with Crippen LogP contribution in [0.4, 0.5) is 0 Å². The Bertz CT molecular complexity index is 314. The molecule has 0 radical (unpaired) electrons. The average molecular weight is 466 g/mol. The van der Waals surface area contributed by atoms with Gasteiger partial charge < -0.3 is 0 Å². The first-order chi connectivity index (χ1) is 14.0. The van der Waals surface area contributed by atoms with E-state index in [9.17, 15) is 0 Å². The molecule has 0 fully saturated rings. The fourth-order valence-electron chi connectivity index (χ4n) is 4.10. The largest absolute Gasteiger partial charge is 0.168 e. The third-order valence-corrected chi connectivity index (χ3v) is 11.1. The fourth-order valence-corrected chi connectivity index (χ4v) is 5.47. The predicted molar refractivity (Wildman–Crippen MR) is 140 cm³/mol. The van der Waals surface area contributed by atoms with Gasteiger partial charge in [-0.25, -0.2) is 0 Å². The van der Waals surface area contributed by atoms with Gasteiger partial charge in [-0.05, 0) is 6.42 Å². The number of rotatable bonds is 23. The Hall–Kier alpha value is 0.797. The Morgan fingerprint density at radius 3 is 0.966 bits per heavy atom. The fraction of sp³-hybridized carbons (Fsp3) is 1.00. The Morgan fingerprint density at radius 2 is 0.724 bits per heavy atom. The Morgan fingerprint density at radius 1 is 0.483 bits per heavy atom. The molecule has 0 aliphatic carbocycles. The van der Waals surface area contributed by atoms with Gasteiger partial charge in [-0.3, -0.25) is 0 Å². The molecule has 3 heteroatoms. The van der Waals surface area contributed by atoms with Gasteiger partial charge in [0.1, 0.15) is 0 Å². The van der Waals surface area contributed by atoms with E-state index in [1.54, 1.807) is 0 Å². The van der Waals surface area contributed by atoms with E-state index >= 15 is 0 Å². The minimum Gasteiger partial charge on any atom is -0.166 e. The Labute approximate surface area is 196 Å². The molecule has 0 saturated heterocycles. The van der Waals surface area contributed by atoms with Crippen molar-refractivity contribution in [1.82, 2.24) is 0 Å². The first-order valence-corrected chi connectivity index (χ1v) is 17.8. The topological polar surface area (TPSA) is 0 Å². The summed E-state index contributed by atoms with van der Waals surface area (Å²) in [6.45, 7) is 6.61. The molecule has 0 aromatic carbocycles. The lowest BCUT2D eigenvalue weighted by atomic mass is 10.0. The molecule has 1 atom stereocenters. The van der Waals surface area contributed by atoms with Gasteiger partial charge >= 0.3 is 0 Å². The summed E-state index contributed by atoms with van der Waals surface area (Å²) < 4.78 is 0. The summed E-state index contributed by atoms with van der Waals surface area (Å²) >= 11 is 12.8. The predicted octanol–water partition coefficient (Wildman–Crippen LogP) is 11.2. The third-order valence-electron chi connectivity index (χ3n) is 6.31. The molecule has 0 nitrogen and oxygen atoms in total. The average Bonchev–Trinajstić information content (AvgIpc) is 2.68. The van der Waals surface area contributed by atoms with Gasteiger partial charge in [0, 0.05) is 5.00 Å². The quantitative estimate of drug-likeness (QED) is 0.0609. The molecule has 0 rings (SSSR count). The van der Waals surface area contributed by atoms with Crippen LogP contribution < -0.4 is 0 Å². The Kier molecular flexibility index (Phi) is 22.6. The van der Waals surface area contributed by atoms with E-state index in [4.69, 9.17) is 22.7 Å². The maximum absolute atomic E-state index is 6.38. The summed E-state index contributed by atoms with van der Waals surface area (Å²) in [5, 5.41) is 0.240. The lowest BCUT2D eigenvalue weighted by Crippen LogP contribution is -2.31. The van der Waals surface area contributed by atoms with Crippen molar-refractivity contribution in [2.24, 2.45) is 0 Å². The molecule has 0 aromatic rings. The highest BCUT2D eigenvalue weighted by atomic mass is 35.6. The summed E-state index contributed by atoms with van der Waals surface area (Å²) in [7, 11) is -1.64. The second kappa shape index (κ2) is 22.0. The molecule has 0 saturated carbocycles. The zero-order valence-corrected chi connectivity index (χ0v) is 22.9. The van der Waals surface area contributed by atoms with Crippen LogP contribution in [-0.4, -0.2) is 12.4 Å². The SMILES string of the molecule is CCCCCCCCCCCCCCCCCCCCCCCC(Cl)[Si](C)(C)Cl. The van der Waals surface area contributed by atoms with Gasteiger partial charge in [0.15, 0.2) is 7.38 Å². The maximum Gasteiger partial charge on any atom is 0.168 e. The molecule has 0 aromatic heterocycles. The van der Waals surface area contributed by atoms with Crippen molar-refractivity contribution in [3.05, 3.63) is 0 Å². The standard InChI is InChI=1S/C26H54Cl2Si/c1-4-5-6-7-8-9-10-11-12-13-14-15-16-17-18-19-20-21-22-23-24-25-26(27)29(2,3)28/h26H,4-25H2,1-3H3. The monoisotopic (exact) mass is 464 g/mol. The van der Waals surface area contributed by atoms with Gasteiger partial charge in [-0.2, -0.15) is 11.1 Å². The molecule has 0 heterocycles. The molecule has 29 heavy (non-hydrogen) atoms. The molecular formula is C26H54Cl2Si. The van der Waals surface area contributed by atoms with Crippen LogP contribution in [0, 0.1) is 0 Å².